The van der Waals surface area contributed by atoms with Crippen LogP contribution in [0.1, 0.15) is 5.56 Å². The number of carbonyl (C=O) groups is 3. The molecule has 1 fully saturated rings. The molecule has 0 saturated carbocycles. The Labute approximate surface area is 149 Å². The van der Waals surface area contributed by atoms with Gasteiger partial charge in [-0.15, -0.1) is 0 Å². The normalized spacial score (nSPS) is 15.7. The summed E-state index contributed by atoms with van der Waals surface area (Å²) in [7, 11) is 1.21. The van der Waals surface area contributed by atoms with Gasteiger partial charge in [-0.05, 0) is 34.5 Å². The van der Waals surface area contributed by atoms with Crippen LogP contribution in [-0.2, 0) is 14.3 Å². The number of thioether (sulfide) groups is 1. The van der Waals surface area contributed by atoms with Crippen LogP contribution in [0, 0.1) is 0 Å². The van der Waals surface area contributed by atoms with E-state index in [1.807, 2.05) is 54.6 Å². The molecule has 0 unspecified atom stereocenters. The number of rotatable bonds is 4. The minimum atomic E-state index is -0.629. The molecule has 0 bridgehead atoms. The van der Waals surface area contributed by atoms with Crippen LogP contribution in [-0.4, -0.2) is 35.7 Å². The molecule has 0 atom stereocenters. The van der Waals surface area contributed by atoms with Crippen molar-refractivity contribution in [2.75, 3.05) is 13.7 Å². The summed E-state index contributed by atoms with van der Waals surface area (Å²) in [4.78, 5) is 36.6. The number of imide groups is 1. The Morgan fingerprint density at radius 1 is 1.04 bits per heavy atom. The van der Waals surface area contributed by atoms with E-state index in [-0.39, 0.29) is 6.54 Å². The van der Waals surface area contributed by atoms with Gasteiger partial charge in [0.05, 0.1) is 12.0 Å². The first kappa shape index (κ1) is 17.0. The van der Waals surface area contributed by atoms with Crippen LogP contribution in [0.2, 0.25) is 0 Å². The highest BCUT2D eigenvalue weighted by Gasteiger charge is 2.36. The maximum atomic E-state index is 12.3. The van der Waals surface area contributed by atoms with Crippen LogP contribution in [0.4, 0.5) is 4.79 Å². The van der Waals surface area contributed by atoms with Gasteiger partial charge in [0.25, 0.3) is 11.1 Å². The average Bonchev–Trinajstić information content (AvgIpc) is 2.90. The standard InChI is InChI=1S/C19H15NO4S/c1-24-17(21)12-20-18(22)16(25-19(20)23)11-13-7-9-15(10-8-13)14-5-3-2-4-6-14/h2-11H,12H2,1H3/b16-11+. The molecule has 1 saturated heterocycles. The fourth-order valence-electron chi connectivity index (χ4n) is 2.38. The number of methoxy groups -OCH3 is 1. The molecule has 0 aromatic heterocycles. The molecule has 126 valence electrons. The van der Waals surface area contributed by atoms with Gasteiger partial charge in [0.2, 0.25) is 0 Å². The molecule has 0 spiro atoms. The molecule has 25 heavy (non-hydrogen) atoms. The maximum absolute atomic E-state index is 12.3. The lowest BCUT2D eigenvalue weighted by molar-refractivity contribution is -0.143. The lowest BCUT2D eigenvalue weighted by Gasteiger charge is -2.09. The zero-order chi connectivity index (χ0) is 17.8. The predicted octanol–water partition coefficient (Wildman–Crippen LogP) is 3.56. The molecule has 1 heterocycles. The highest BCUT2D eigenvalue weighted by Crippen LogP contribution is 2.32. The quantitative estimate of drug-likeness (QED) is 0.621. The average molecular weight is 353 g/mol. The lowest BCUT2D eigenvalue weighted by atomic mass is 10.0. The third-order valence-electron chi connectivity index (χ3n) is 3.70. The molecule has 0 radical (unpaired) electrons. The highest BCUT2D eigenvalue weighted by molar-refractivity contribution is 8.18. The second-order valence-corrected chi connectivity index (χ2v) is 6.33. The van der Waals surface area contributed by atoms with E-state index in [1.54, 1.807) is 6.08 Å². The Kier molecular flexibility index (Phi) is 5.00. The van der Waals surface area contributed by atoms with E-state index in [0.29, 0.717) is 4.91 Å². The van der Waals surface area contributed by atoms with Gasteiger partial charge < -0.3 is 4.74 Å². The summed E-state index contributed by atoms with van der Waals surface area (Å²) in [5.41, 5.74) is 2.98. The molecule has 2 aromatic rings. The Morgan fingerprint density at radius 2 is 1.68 bits per heavy atom. The summed E-state index contributed by atoms with van der Waals surface area (Å²) in [6.45, 7) is -0.370. The van der Waals surface area contributed by atoms with Crippen LogP contribution in [0.25, 0.3) is 17.2 Å². The predicted molar refractivity (Wildman–Crippen MR) is 96.6 cm³/mol. The molecule has 5 nitrogen and oxygen atoms in total. The van der Waals surface area contributed by atoms with E-state index in [2.05, 4.69) is 4.74 Å². The van der Waals surface area contributed by atoms with Crippen LogP contribution >= 0.6 is 11.8 Å². The number of nitrogens with zero attached hydrogens (tertiary/aromatic N) is 1. The number of ether oxygens (including phenoxy) is 1. The van der Waals surface area contributed by atoms with Crippen molar-refractivity contribution < 1.29 is 19.1 Å². The third-order valence-corrected chi connectivity index (χ3v) is 4.61. The smallest absolute Gasteiger partial charge is 0.325 e. The third kappa shape index (κ3) is 3.80. The Hall–Kier alpha value is -2.86. The fourth-order valence-corrected chi connectivity index (χ4v) is 3.22. The maximum Gasteiger partial charge on any atom is 0.325 e. The molecule has 1 aliphatic heterocycles. The number of amides is 2. The summed E-state index contributed by atoms with van der Waals surface area (Å²) in [5.74, 6) is -1.11. The first-order valence-corrected chi connectivity index (χ1v) is 8.38. The van der Waals surface area contributed by atoms with Crippen molar-refractivity contribution in [3.63, 3.8) is 0 Å². The zero-order valence-corrected chi connectivity index (χ0v) is 14.3. The molecule has 0 aliphatic carbocycles. The molecule has 3 rings (SSSR count). The topological polar surface area (TPSA) is 63.7 Å². The Balaban J connectivity index is 1.78. The highest BCUT2D eigenvalue weighted by atomic mass is 32.2. The first-order chi connectivity index (χ1) is 12.1. The molecule has 6 heteroatoms. The van der Waals surface area contributed by atoms with Gasteiger partial charge in [-0.1, -0.05) is 54.6 Å². The largest absolute Gasteiger partial charge is 0.468 e. The fraction of sp³-hybridized carbons (Fsp3) is 0.105. The molecular weight excluding hydrogens is 338 g/mol. The molecule has 0 N–H and O–H groups in total. The Morgan fingerprint density at radius 3 is 2.32 bits per heavy atom. The monoisotopic (exact) mass is 353 g/mol. The van der Waals surface area contributed by atoms with Crippen molar-refractivity contribution in [2.45, 2.75) is 0 Å². The summed E-state index contributed by atoms with van der Waals surface area (Å²) in [6, 6.07) is 17.6. The summed E-state index contributed by atoms with van der Waals surface area (Å²) in [5, 5.41) is -0.470. The number of carbonyl (C=O) groups excluding carboxylic acids is 3. The summed E-state index contributed by atoms with van der Waals surface area (Å²) in [6.07, 6.45) is 1.65. The number of esters is 1. The second-order valence-electron chi connectivity index (χ2n) is 5.33. The van der Waals surface area contributed by atoms with Crippen molar-refractivity contribution >= 4 is 35.0 Å². The van der Waals surface area contributed by atoms with E-state index in [9.17, 15) is 14.4 Å². The van der Waals surface area contributed by atoms with E-state index >= 15 is 0 Å². The Bertz CT molecular complexity index is 843. The van der Waals surface area contributed by atoms with E-state index in [1.165, 1.54) is 7.11 Å². The minimum absolute atomic E-state index is 0.293. The summed E-state index contributed by atoms with van der Waals surface area (Å²) < 4.78 is 4.50. The number of hydrogen-bond acceptors (Lipinski definition) is 5. The number of hydrogen-bond donors (Lipinski definition) is 0. The first-order valence-electron chi connectivity index (χ1n) is 7.56. The van der Waals surface area contributed by atoms with Gasteiger partial charge in [0.1, 0.15) is 6.54 Å². The van der Waals surface area contributed by atoms with Gasteiger partial charge in [-0.2, -0.15) is 0 Å². The van der Waals surface area contributed by atoms with Gasteiger partial charge in [0, 0.05) is 0 Å². The van der Waals surface area contributed by atoms with Gasteiger partial charge in [-0.25, -0.2) is 0 Å². The van der Waals surface area contributed by atoms with Crippen LogP contribution in [0.5, 0.6) is 0 Å². The SMILES string of the molecule is COC(=O)CN1C(=O)S/C(=C/c2ccc(-c3ccccc3)cc2)C1=O. The van der Waals surface area contributed by atoms with Crippen molar-refractivity contribution in [3.8, 4) is 11.1 Å². The molecular formula is C19H15NO4S. The van der Waals surface area contributed by atoms with Crippen LogP contribution in [0.15, 0.2) is 59.5 Å². The summed E-state index contributed by atoms with van der Waals surface area (Å²) >= 11 is 0.820. The van der Waals surface area contributed by atoms with Gasteiger partial charge in [0.15, 0.2) is 0 Å². The minimum Gasteiger partial charge on any atom is -0.468 e. The van der Waals surface area contributed by atoms with Crippen molar-refractivity contribution in [2.24, 2.45) is 0 Å². The van der Waals surface area contributed by atoms with Crippen LogP contribution in [0.3, 0.4) is 0 Å². The lowest BCUT2D eigenvalue weighted by Crippen LogP contribution is -2.34. The van der Waals surface area contributed by atoms with E-state index < -0.39 is 17.1 Å². The molecule has 2 amide bonds. The van der Waals surface area contributed by atoms with Crippen molar-refractivity contribution in [1.82, 2.24) is 4.90 Å². The van der Waals surface area contributed by atoms with Crippen molar-refractivity contribution in [1.29, 1.82) is 0 Å². The molecule has 2 aromatic carbocycles. The van der Waals surface area contributed by atoms with Crippen molar-refractivity contribution in [3.05, 3.63) is 65.1 Å². The number of benzene rings is 2. The van der Waals surface area contributed by atoms with E-state index in [0.717, 1.165) is 33.4 Å². The second kappa shape index (κ2) is 7.36. The zero-order valence-electron chi connectivity index (χ0n) is 13.5. The van der Waals surface area contributed by atoms with Gasteiger partial charge in [-0.3, -0.25) is 19.3 Å². The van der Waals surface area contributed by atoms with Gasteiger partial charge >= 0.3 is 5.97 Å². The molecule has 1 aliphatic rings. The van der Waals surface area contributed by atoms with E-state index in [4.69, 9.17) is 0 Å². The van der Waals surface area contributed by atoms with Crippen LogP contribution < -0.4 is 0 Å².